The fraction of sp³-hybridized carbons (Fsp3) is 0.333. The third-order valence-corrected chi connectivity index (χ3v) is 4.99. The summed E-state index contributed by atoms with van der Waals surface area (Å²) in [6.45, 7) is 3.59. The highest BCUT2D eigenvalue weighted by molar-refractivity contribution is 6.31. The summed E-state index contributed by atoms with van der Waals surface area (Å²) in [5, 5.41) is 3.30. The van der Waals surface area contributed by atoms with Gasteiger partial charge < -0.3 is 15.0 Å². The summed E-state index contributed by atoms with van der Waals surface area (Å²) in [4.78, 5) is 27.4. The first kappa shape index (κ1) is 19.2. The maximum atomic E-state index is 13.0. The number of carbonyl (C=O) groups is 2. The van der Waals surface area contributed by atoms with Crippen LogP contribution in [0, 0.1) is 5.92 Å². The van der Waals surface area contributed by atoms with Crippen LogP contribution in [0.2, 0.25) is 5.02 Å². The average molecular weight is 387 g/mol. The van der Waals surface area contributed by atoms with Crippen LogP contribution in [-0.2, 0) is 0 Å². The van der Waals surface area contributed by atoms with E-state index < -0.39 is 0 Å². The lowest BCUT2D eigenvalue weighted by molar-refractivity contribution is 0.0684. The van der Waals surface area contributed by atoms with Crippen LogP contribution >= 0.6 is 11.6 Å². The van der Waals surface area contributed by atoms with E-state index in [2.05, 4.69) is 12.2 Å². The Morgan fingerprint density at radius 1 is 1.19 bits per heavy atom. The molecule has 0 bridgehead atoms. The zero-order valence-electron chi connectivity index (χ0n) is 15.5. The summed E-state index contributed by atoms with van der Waals surface area (Å²) in [5.41, 5.74) is 1.36. The fourth-order valence-corrected chi connectivity index (χ4v) is 3.46. The second-order valence-electron chi connectivity index (χ2n) is 6.87. The van der Waals surface area contributed by atoms with Crippen molar-refractivity contribution in [1.29, 1.82) is 0 Å². The van der Waals surface area contributed by atoms with Crippen molar-refractivity contribution in [2.24, 2.45) is 5.92 Å². The largest absolute Gasteiger partial charge is 0.497 e. The highest BCUT2D eigenvalue weighted by Gasteiger charge is 2.24. The lowest BCUT2D eigenvalue weighted by atomic mass is 9.99. The van der Waals surface area contributed by atoms with Gasteiger partial charge in [0.15, 0.2) is 0 Å². The zero-order chi connectivity index (χ0) is 19.4. The Balaban J connectivity index is 1.82. The normalized spacial score (nSPS) is 16.7. The number of piperidine rings is 1. The summed E-state index contributed by atoms with van der Waals surface area (Å²) in [5.74, 6) is 0.752. The molecule has 0 aromatic heterocycles. The molecular formula is C21H23ClN2O3. The van der Waals surface area contributed by atoms with Crippen molar-refractivity contribution in [3.05, 3.63) is 58.6 Å². The van der Waals surface area contributed by atoms with E-state index in [0.717, 1.165) is 25.9 Å². The molecule has 2 aromatic rings. The summed E-state index contributed by atoms with van der Waals surface area (Å²) >= 11 is 6.12. The first-order valence-corrected chi connectivity index (χ1v) is 9.40. The van der Waals surface area contributed by atoms with Crippen molar-refractivity contribution in [2.45, 2.75) is 19.8 Å². The van der Waals surface area contributed by atoms with Crippen LogP contribution in [0.4, 0.5) is 5.69 Å². The van der Waals surface area contributed by atoms with Crippen molar-refractivity contribution in [3.63, 3.8) is 0 Å². The van der Waals surface area contributed by atoms with Gasteiger partial charge >= 0.3 is 0 Å². The number of hydrogen-bond donors (Lipinski definition) is 1. The van der Waals surface area contributed by atoms with E-state index in [0.29, 0.717) is 33.5 Å². The molecule has 142 valence electrons. The molecule has 0 saturated carbocycles. The molecule has 6 heteroatoms. The highest BCUT2D eigenvalue weighted by atomic mass is 35.5. The Labute approximate surface area is 164 Å². The molecule has 2 aromatic carbocycles. The zero-order valence-corrected chi connectivity index (χ0v) is 16.3. The second-order valence-corrected chi connectivity index (χ2v) is 7.31. The second kappa shape index (κ2) is 8.44. The maximum Gasteiger partial charge on any atom is 0.256 e. The Morgan fingerprint density at radius 2 is 1.93 bits per heavy atom. The predicted molar refractivity (Wildman–Crippen MR) is 107 cm³/mol. The van der Waals surface area contributed by atoms with Gasteiger partial charge in [0, 0.05) is 23.7 Å². The third-order valence-electron chi connectivity index (χ3n) is 4.76. The lowest BCUT2D eigenvalue weighted by Gasteiger charge is -2.31. The molecule has 1 aliphatic rings. The number of nitrogens with zero attached hydrogens (tertiary/aromatic N) is 1. The number of anilines is 1. The average Bonchev–Trinajstić information content (AvgIpc) is 2.68. The van der Waals surface area contributed by atoms with Crippen LogP contribution in [0.3, 0.4) is 0 Å². The van der Waals surface area contributed by atoms with Crippen LogP contribution < -0.4 is 10.1 Å². The first-order chi connectivity index (χ1) is 13.0. The van der Waals surface area contributed by atoms with Gasteiger partial charge in [0.25, 0.3) is 11.8 Å². The molecule has 5 nitrogen and oxygen atoms in total. The Morgan fingerprint density at radius 3 is 2.59 bits per heavy atom. The first-order valence-electron chi connectivity index (χ1n) is 9.02. The van der Waals surface area contributed by atoms with Gasteiger partial charge in [-0.1, -0.05) is 18.5 Å². The van der Waals surface area contributed by atoms with E-state index in [1.54, 1.807) is 49.6 Å². The third kappa shape index (κ3) is 4.61. The highest BCUT2D eigenvalue weighted by Crippen LogP contribution is 2.25. The van der Waals surface area contributed by atoms with E-state index in [1.165, 1.54) is 0 Å². The van der Waals surface area contributed by atoms with Gasteiger partial charge in [-0.25, -0.2) is 0 Å². The fourth-order valence-electron chi connectivity index (χ4n) is 3.28. The Hall–Kier alpha value is -2.53. The van der Waals surface area contributed by atoms with Gasteiger partial charge in [-0.15, -0.1) is 0 Å². The minimum absolute atomic E-state index is 0.103. The quantitative estimate of drug-likeness (QED) is 0.843. The molecule has 3 rings (SSSR count). The Bertz CT molecular complexity index is 836. The van der Waals surface area contributed by atoms with Gasteiger partial charge in [0.2, 0.25) is 0 Å². The number of benzene rings is 2. The van der Waals surface area contributed by atoms with Gasteiger partial charge in [-0.3, -0.25) is 9.59 Å². The van der Waals surface area contributed by atoms with Crippen molar-refractivity contribution in [2.75, 3.05) is 25.5 Å². The maximum absolute atomic E-state index is 13.0. The van der Waals surface area contributed by atoms with Gasteiger partial charge in [0.05, 0.1) is 18.4 Å². The molecule has 1 saturated heterocycles. The molecule has 1 aliphatic heterocycles. The van der Waals surface area contributed by atoms with Crippen molar-refractivity contribution < 1.29 is 14.3 Å². The number of halogens is 1. The summed E-state index contributed by atoms with van der Waals surface area (Å²) in [6, 6.07) is 11.8. The smallest absolute Gasteiger partial charge is 0.256 e. The number of methoxy groups -OCH3 is 1. The molecule has 1 fully saturated rings. The minimum Gasteiger partial charge on any atom is -0.497 e. The number of amides is 2. The molecule has 2 amide bonds. The summed E-state index contributed by atoms with van der Waals surface area (Å²) < 4.78 is 5.11. The van der Waals surface area contributed by atoms with Crippen LogP contribution in [0.1, 0.15) is 40.5 Å². The van der Waals surface area contributed by atoms with Crippen LogP contribution in [0.25, 0.3) is 0 Å². The number of rotatable bonds is 4. The summed E-state index contributed by atoms with van der Waals surface area (Å²) in [7, 11) is 1.57. The van der Waals surface area contributed by atoms with E-state index in [-0.39, 0.29) is 11.8 Å². The van der Waals surface area contributed by atoms with E-state index >= 15 is 0 Å². The molecule has 27 heavy (non-hydrogen) atoms. The minimum atomic E-state index is -0.291. The van der Waals surface area contributed by atoms with Gasteiger partial charge in [0.1, 0.15) is 5.75 Å². The van der Waals surface area contributed by atoms with Gasteiger partial charge in [-0.05, 0) is 61.2 Å². The molecule has 1 N–H and O–H groups in total. The topological polar surface area (TPSA) is 58.6 Å². The lowest BCUT2D eigenvalue weighted by Crippen LogP contribution is -2.39. The van der Waals surface area contributed by atoms with Gasteiger partial charge in [-0.2, -0.15) is 0 Å². The Kier molecular flexibility index (Phi) is 6.01. The number of likely N-dealkylation sites (tertiary alicyclic amines) is 1. The molecule has 1 heterocycles. The van der Waals surface area contributed by atoms with Crippen LogP contribution in [0.15, 0.2) is 42.5 Å². The predicted octanol–water partition coefficient (Wildman–Crippen LogP) is 4.47. The molecular weight excluding hydrogens is 364 g/mol. The van der Waals surface area contributed by atoms with Crippen LogP contribution in [-0.4, -0.2) is 36.9 Å². The summed E-state index contributed by atoms with van der Waals surface area (Å²) in [6.07, 6.45) is 2.11. The van der Waals surface area contributed by atoms with Crippen LogP contribution in [0.5, 0.6) is 5.75 Å². The van der Waals surface area contributed by atoms with Crippen molar-refractivity contribution >= 4 is 29.1 Å². The monoisotopic (exact) mass is 386 g/mol. The van der Waals surface area contributed by atoms with E-state index in [1.807, 2.05) is 4.90 Å². The standard InChI is InChI=1S/C21H23ClN2O3/c1-14-4-3-11-24(13-14)21(26)18-12-16(22)7-10-19(18)23-20(25)15-5-8-17(27-2)9-6-15/h5-10,12,14H,3-4,11,13H2,1-2H3,(H,23,25)/t14-/m1/s1. The molecule has 0 aliphatic carbocycles. The molecule has 1 atom stereocenters. The molecule has 0 spiro atoms. The number of nitrogens with one attached hydrogen (secondary N) is 1. The molecule has 0 radical (unpaired) electrons. The van der Waals surface area contributed by atoms with Crippen molar-refractivity contribution in [1.82, 2.24) is 4.90 Å². The SMILES string of the molecule is COc1ccc(C(=O)Nc2ccc(Cl)cc2C(=O)N2CCC[C@@H](C)C2)cc1. The number of carbonyl (C=O) groups excluding carboxylic acids is 2. The van der Waals surface area contributed by atoms with Crippen molar-refractivity contribution in [3.8, 4) is 5.75 Å². The van der Waals surface area contributed by atoms with E-state index in [4.69, 9.17) is 16.3 Å². The number of ether oxygens (including phenoxy) is 1. The molecule has 0 unspecified atom stereocenters. The number of hydrogen-bond acceptors (Lipinski definition) is 3. The van der Waals surface area contributed by atoms with E-state index in [9.17, 15) is 9.59 Å².